The van der Waals surface area contributed by atoms with Gasteiger partial charge in [0.15, 0.2) is 0 Å². The van der Waals surface area contributed by atoms with Crippen molar-refractivity contribution in [2.24, 2.45) is 11.8 Å². The molecule has 3 rings (SSSR count). The fraction of sp³-hybridized carbons (Fsp3) is 0.421. The van der Waals surface area contributed by atoms with Crippen molar-refractivity contribution in [3.05, 3.63) is 53.1 Å². The van der Waals surface area contributed by atoms with Gasteiger partial charge in [-0.3, -0.25) is 0 Å². The first-order valence-electron chi connectivity index (χ1n) is 7.77. The highest BCUT2D eigenvalue weighted by atomic mass is 16.4. The van der Waals surface area contributed by atoms with Gasteiger partial charge in [0.25, 0.3) is 0 Å². The highest BCUT2D eigenvalue weighted by molar-refractivity contribution is 5.85. The van der Waals surface area contributed by atoms with Crippen LogP contribution in [0.25, 0.3) is 6.08 Å². The van der Waals surface area contributed by atoms with Gasteiger partial charge in [-0.1, -0.05) is 42.8 Å². The first-order chi connectivity index (χ1) is 10.1. The third-order valence-corrected chi connectivity index (χ3v) is 4.25. The maximum absolute atomic E-state index is 10.4. The van der Waals surface area contributed by atoms with Crippen LogP contribution in [0.5, 0.6) is 0 Å². The van der Waals surface area contributed by atoms with Crippen molar-refractivity contribution in [1.82, 2.24) is 0 Å². The fourth-order valence-corrected chi connectivity index (χ4v) is 3.08. The van der Waals surface area contributed by atoms with Gasteiger partial charge < -0.3 is 5.11 Å². The van der Waals surface area contributed by atoms with Gasteiger partial charge >= 0.3 is 5.97 Å². The smallest absolute Gasteiger partial charge is 0.328 e. The van der Waals surface area contributed by atoms with Crippen LogP contribution in [0.4, 0.5) is 0 Å². The average molecular weight is 284 g/mol. The van der Waals surface area contributed by atoms with Gasteiger partial charge in [-0.15, -0.1) is 0 Å². The van der Waals surface area contributed by atoms with E-state index >= 15 is 0 Å². The van der Waals surface area contributed by atoms with Crippen LogP contribution in [-0.4, -0.2) is 11.1 Å². The minimum Gasteiger partial charge on any atom is -0.478 e. The molecule has 0 aromatic heterocycles. The van der Waals surface area contributed by atoms with Crippen molar-refractivity contribution in [1.29, 1.82) is 0 Å². The first-order valence-corrected chi connectivity index (χ1v) is 7.77. The van der Waals surface area contributed by atoms with E-state index in [2.05, 4.69) is 25.1 Å². The molecule has 1 saturated carbocycles. The van der Waals surface area contributed by atoms with Crippen LogP contribution in [0.1, 0.15) is 42.9 Å². The molecule has 1 aromatic carbocycles. The lowest BCUT2D eigenvalue weighted by Crippen LogP contribution is -1.90. The van der Waals surface area contributed by atoms with Gasteiger partial charge in [0.1, 0.15) is 0 Å². The molecule has 0 aliphatic heterocycles. The summed E-state index contributed by atoms with van der Waals surface area (Å²) in [7, 11) is 0. The highest BCUT2D eigenvalue weighted by Gasteiger charge is 2.25. The Bertz CT molecular complexity index is 543. The topological polar surface area (TPSA) is 37.3 Å². The predicted octanol–water partition coefficient (Wildman–Crippen LogP) is 4.63. The fourth-order valence-electron chi connectivity index (χ4n) is 3.08. The summed E-state index contributed by atoms with van der Waals surface area (Å²) >= 11 is 0. The maximum atomic E-state index is 10.4. The monoisotopic (exact) mass is 284 g/mol. The number of benzene rings is 1. The van der Waals surface area contributed by atoms with E-state index in [1.54, 1.807) is 6.08 Å². The SMILES string of the molecule is C1=CC2CCC1C2.CCc1cc(C)ccc1C=CC(=O)O. The number of hydrogen-bond acceptors (Lipinski definition) is 1. The van der Waals surface area contributed by atoms with E-state index in [1.807, 2.05) is 19.1 Å². The van der Waals surface area contributed by atoms with Crippen LogP contribution in [0, 0.1) is 18.8 Å². The van der Waals surface area contributed by atoms with Gasteiger partial charge in [0.2, 0.25) is 0 Å². The summed E-state index contributed by atoms with van der Waals surface area (Å²) in [6.07, 6.45) is 12.9. The number of carboxylic acid groups (broad SMARTS) is 1. The Morgan fingerprint density at radius 1 is 1.29 bits per heavy atom. The van der Waals surface area contributed by atoms with Crippen molar-refractivity contribution in [2.75, 3.05) is 0 Å². The van der Waals surface area contributed by atoms with Crippen molar-refractivity contribution in [2.45, 2.75) is 39.5 Å². The van der Waals surface area contributed by atoms with Crippen molar-refractivity contribution >= 4 is 12.0 Å². The second-order valence-corrected chi connectivity index (χ2v) is 5.95. The summed E-state index contributed by atoms with van der Waals surface area (Å²) in [6, 6.07) is 6.02. The third-order valence-electron chi connectivity index (χ3n) is 4.25. The van der Waals surface area contributed by atoms with Crippen LogP contribution in [0.15, 0.2) is 36.4 Å². The molecule has 2 aliphatic rings. The zero-order chi connectivity index (χ0) is 15.2. The molecule has 2 aliphatic carbocycles. The van der Waals surface area contributed by atoms with Crippen molar-refractivity contribution in [3.8, 4) is 0 Å². The van der Waals surface area contributed by atoms with E-state index in [0.29, 0.717) is 0 Å². The standard InChI is InChI=1S/C12H14O2.C7H10/c1-3-10-8-9(2)4-5-11(10)6-7-12(13)14;1-2-7-4-3-6(1)5-7/h4-8H,3H2,1-2H3,(H,13,14);1-2,6-7H,3-5H2. The largest absolute Gasteiger partial charge is 0.478 e. The van der Waals surface area contributed by atoms with Crippen LogP contribution in [-0.2, 0) is 11.2 Å². The van der Waals surface area contributed by atoms with Crippen molar-refractivity contribution in [3.63, 3.8) is 0 Å². The molecule has 0 radical (unpaired) electrons. The minimum absolute atomic E-state index is 0.910. The van der Waals surface area contributed by atoms with Gasteiger partial charge in [-0.25, -0.2) is 4.79 Å². The molecular formula is C19H24O2. The zero-order valence-corrected chi connectivity index (χ0v) is 12.9. The molecule has 2 atom stereocenters. The quantitative estimate of drug-likeness (QED) is 0.649. The number of aliphatic carboxylic acids is 1. The van der Waals surface area contributed by atoms with Crippen molar-refractivity contribution < 1.29 is 9.90 Å². The molecule has 0 heterocycles. The molecule has 2 heteroatoms. The Labute approximate surface area is 127 Å². The van der Waals surface area contributed by atoms with E-state index in [4.69, 9.17) is 5.11 Å². The minimum atomic E-state index is -0.910. The lowest BCUT2D eigenvalue weighted by molar-refractivity contribution is -0.131. The summed E-state index contributed by atoms with van der Waals surface area (Å²) < 4.78 is 0. The lowest BCUT2D eigenvalue weighted by atomic mass is 10.0. The normalized spacial score (nSPS) is 22.4. The Hall–Kier alpha value is -1.83. The summed E-state index contributed by atoms with van der Waals surface area (Å²) in [4.78, 5) is 10.4. The third kappa shape index (κ3) is 4.59. The van der Waals surface area contributed by atoms with Crippen LogP contribution < -0.4 is 0 Å². The maximum Gasteiger partial charge on any atom is 0.328 e. The van der Waals surface area contributed by atoms with Gasteiger partial charge in [0, 0.05) is 6.08 Å². The van der Waals surface area contributed by atoms with E-state index in [-0.39, 0.29) is 0 Å². The molecule has 1 N–H and O–H groups in total. The number of carboxylic acids is 1. The molecule has 2 bridgehead atoms. The van der Waals surface area contributed by atoms with Gasteiger partial charge in [-0.2, -0.15) is 0 Å². The number of allylic oxidation sites excluding steroid dienone is 2. The molecular weight excluding hydrogens is 260 g/mol. The summed E-state index contributed by atoms with van der Waals surface area (Å²) in [6.45, 7) is 4.09. The van der Waals surface area contributed by atoms with Crippen LogP contribution in [0.3, 0.4) is 0 Å². The molecule has 1 fully saturated rings. The Morgan fingerprint density at radius 3 is 2.38 bits per heavy atom. The van der Waals surface area contributed by atoms with Gasteiger partial charge in [0.05, 0.1) is 0 Å². The van der Waals surface area contributed by atoms with Crippen LogP contribution >= 0.6 is 0 Å². The first kappa shape index (κ1) is 15.6. The summed E-state index contributed by atoms with van der Waals surface area (Å²) in [5.74, 6) is 1.07. The molecule has 2 nitrogen and oxygen atoms in total. The number of carbonyl (C=O) groups is 1. The van der Waals surface area contributed by atoms with E-state index in [1.165, 1.54) is 36.5 Å². The predicted molar refractivity (Wildman–Crippen MR) is 87.2 cm³/mol. The number of hydrogen-bond donors (Lipinski definition) is 1. The molecule has 0 spiro atoms. The number of rotatable bonds is 3. The number of fused-ring (bicyclic) bond motifs is 2. The molecule has 2 unspecified atom stereocenters. The number of aryl methyl sites for hydroxylation is 2. The lowest BCUT2D eigenvalue weighted by Gasteiger charge is -2.03. The summed E-state index contributed by atoms with van der Waals surface area (Å²) in [5, 5.41) is 8.51. The van der Waals surface area contributed by atoms with Crippen LogP contribution in [0.2, 0.25) is 0 Å². The highest BCUT2D eigenvalue weighted by Crippen LogP contribution is 2.38. The summed E-state index contributed by atoms with van der Waals surface area (Å²) in [5.41, 5.74) is 3.37. The Morgan fingerprint density at radius 2 is 1.95 bits per heavy atom. The Balaban J connectivity index is 0.000000189. The van der Waals surface area contributed by atoms with E-state index < -0.39 is 5.97 Å². The van der Waals surface area contributed by atoms with E-state index in [9.17, 15) is 4.79 Å². The molecule has 0 saturated heterocycles. The van der Waals surface area contributed by atoms with Gasteiger partial charge in [-0.05, 0) is 61.6 Å². The zero-order valence-electron chi connectivity index (χ0n) is 12.9. The molecule has 1 aromatic rings. The molecule has 21 heavy (non-hydrogen) atoms. The second-order valence-electron chi connectivity index (χ2n) is 5.95. The second kappa shape index (κ2) is 7.26. The molecule has 0 amide bonds. The Kier molecular flexibility index (Phi) is 5.38. The van der Waals surface area contributed by atoms with E-state index in [0.717, 1.165) is 23.8 Å². The average Bonchev–Trinajstić information content (AvgIpc) is 3.11. The molecule has 112 valence electrons.